The lowest BCUT2D eigenvalue weighted by Gasteiger charge is -2.33. The van der Waals surface area contributed by atoms with Crippen molar-refractivity contribution in [3.63, 3.8) is 0 Å². The summed E-state index contributed by atoms with van der Waals surface area (Å²) in [5.74, 6) is 2.12. The van der Waals surface area contributed by atoms with E-state index < -0.39 is 0 Å². The van der Waals surface area contributed by atoms with Gasteiger partial charge in [-0.2, -0.15) is 0 Å². The molecule has 62 valence electrons. The Morgan fingerprint density at radius 1 is 1.25 bits per heavy atom. The fraction of sp³-hybridized carbons (Fsp3) is 0.556. The fourth-order valence-corrected chi connectivity index (χ4v) is 2.64. The first-order valence-electron chi connectivity index (χ1n) is 4.48. The highest BCUT2D eigenvalue weighted by atomic mass is 14.9. The third-order valence-corrected chi connectivity index (χ3v) is 3.18. The van der Waals surface area contributed by atoms with E-state index >= 15 is 0 Å². The molecule has 12 heavy (non-hydrogen) atoms. The van der Waals surface area contributed by atoms with Gasteiger partial charge < -0.3 is 5.73 Å². The molecule has 0 radical (unpaired) electrons. The van der Waals surface area contributed by atoms with Gasteiger partial charge in [-0.25, -0.2) is 9.97 Å². The number of nitrogens with two attached hydrogens (primary N) is 1. The first-order valence-corrected chi connectivity index (χ1v) is 4.48. The van der Waals surface area contributed by atoms with Crippen molar-refractivity contribution >= 4 is 5.82 Å². The average molecular weight is 161 g/mol. The summed E-state index contributed by atoms with van der Waals surface area (Å²) in [6.07, 6.45) is 5.50. The second kappa shape index (κ2) is 1.97. The van der Waals surface area contributed by atoms with Crippen LogP contribution in [0.1, 0.15) is 42.4 Å². The van der Waals surface area contributed by atoms with Gasteiger partial charge in [0.25, 0.3) is 0 Å². The maximum absolute atomic E-state index is 5.78. The summed E-state index contributed by atoms with van der Waals surface area (Å²) in [6, 6.07) is 0. The van der Waals surface area contributed by atoms with Gasteiger partial charge in [-0.05, 0) is 18.8 Å². The highest BCUT2D eigenvalue weighted by Crippen LogP contribution is 2.56. The molecular formula is C9H11N3. The molecule has 1 aromatic heterocycles. The maximum atomic E-state index is 5.78. The van der Waals surface area contributed by atoms with Crippen LogP contribution in [0.5, 0.6) is 0 Å². The number of nitrogen functional groups attached to an aromatic ring is 1. The highest BCUT2D eigenvalue weighted by molar-refractivity contribution is 5.54. The number of hydrogen-bond acceptors (Lipinski definition) is 3. The Morgan fingerprint density at radius 2 is 2.08 bits per heavy atom. The molecule has 0 aromatic carbocycles. The number of fused-ring (bicyclic) bond motifs is 4. The summed E-state index contributed by atoms with van der Waals surface area (Å²) in [4.78, 5) is 8.30. The van der Waals surface area contributed by atoms with Gasteiger partial charge in [0, 0.05) is 11.5 Å². The number of hydrogen-bond donors (Lipinski definition) is 1. The molecule has 2 atom stereocenters. The van der Waals surface area contributed by atoms with Crippen LogP contribution >= 0.6 is 0 Å². The summed E-state index contributed by atoms with van der Waals surface area (Å²) in [7, 11) is 0. The molecule has 1 fully saturated rings. The van der Waals surface area contributed by atoms with Crippen molar-refractivity contribution < 1.29 is 0 Å². The van der Waals surface area contributed by atoms with Gasteiger partial charge in [-0.15, -0.1) is 0 Å². The summed E-state index contributed by atoms with van der Waals surface area (Å²) in [5, 5.41) is 0. The molecule has 0 bridgehead atoms. The second-order valence-electron chi connectivity index (χ2n) is 3.70. The summed E-state index contributed by atoms with van der Waals surface area (Å²) in [6.45, 7) is 0. The molecule has 2 aliphatic rings. The molecule has 1 aromatic rings. The highest BCUT2D eigenvalue weighted by Gasteiger charge is 2.43. The molecule has 3 heteroatoms. The zero-order valence-electron chi connectivity index (χ0n) is 6.83. The smallest absolute Gasteiger partial charge is 0.130 e. The lowest BCUT2D eigenvalue weighted by Crippen LogP contribution is -2.23. The zero-order chi connectivity index (χ0) is 8.13. The van der Waals surface area contributed by atoms with Gasteiger partial charge in [0.1, 0.15) is 12.1 Å². The Morgan fingerprint density at radius 3 is 3.00 bits per heavy atom. The lowest BCUT2D eigenvalue weighted by molar-refractivity contribution is 0.519. The van der Waals surface area contributed by atoms with Crippen LogP contribution in [0, 0.1) is 0 Å². The van der Waals surface area contributed by atoms with E-state index in [0.717, 1.165) is 0 Å². The van der Waals surface area contributed by atoms with Crippen molar-refractivity contribution in [2.45, 2.75) is 31.1 Å². The molecule has 0 amide bonds. The van der Waals surface area contributed by atoms with E-state index in [0.29, 0.717) is 17.7 Å². The van der Waals surface area contributed by atoms with Crippen LogP contribution in [-0.4, -0.2) is 9.97 Å². The summed E-state index contributed by atoms with van der Waals surface area (Å²) >= 11 is 0. The Kier molecular flexibility index (Phi) is 1.05. The predicted molar refractivity (Wildman–Crippen MR) is 45.8 cm³/mol. The molecule has 2 N–H and O–H groups in total. The average Bonchev–Trinajstić information content (AvgIpc) is 2.43. The minimum Gasteiger partial charge on any atom is -0.383 e. The quantitative estimate of drug-likeness (QED) is 0.626. The molecular weight excluding hydrogens is 150 g/mol. The van der Waals surface area contributed by atoms with E-state index in [1.165, 1.54) is 30.5 Å². The lowest BCUT2D eigenvalue weighted by atomic mass is 9.73. The molecule has 3 nitrogen and oxygen atoms in total. The SMILES string of the molecule is Nc1ncnc2c1C1CCCC21. The van der Waals surface area contributed by atoms with Crippen LogP contribution in [0.2, 0.25) is 0 Å². The molecule has 2 aliphatic carbocycles. The van der Waals surface area contributed by atoms with Gasteiger partial charge >= 0.3 is 0 Å². The van der Waals surface area contributed by atoms with E-state index in [1.54, 1.807) is 6.33 Å². The number of rotatable bonds is 0. The van der Waals surface area contributed by atoms with Gasteiger partial charge in [0.05, 0.1) is 5.69 Å². The summed E-state index contributed by atoms with van der Waals surface area (Å²) < 4.78 is 0. The van der Waals surface area contributed by atoms with Crippen molar-refractivity contribution in [3.05, 3.63) is 17.6 Å². The molecule has 0 saturated heterocycles. The predicted octanol–water partition coefficient (Wildman–Crippen LogP) is 1.42. The Balaban J connectivity index is 2.17. The van der Waals surface area contributed by atoms with Crippen molar-refractivity contribution in [2.75, 3.05) is 5.73 Å². The molecule has 1 saturated carbocycles. The van der Waals surface area contributed by atoms with Crippen molar-refractivity contribution in [2.24, 2.45) is 0 Å². The number of aromatic nitrogens is 2. The first kappa shape index (κ1) is 6.40. The summed E-state index contributed by atoms with van der Waals surface area (Å²) in [5.41, 5.74) is 8.25. The molecule has 1 heterocycles. The van der Waals surface area contributed by atoms with E-state index in [2.05, 4.69) is 9.97 Å². The first-order chi connectivity index (χ1) is 5.88. The van der Waals surface area contributed by atoms with Crippen molar-refractivity contribution in [3.8, 4) is 0 Å². The minimum atomic E-state index is 0.696. The van der Waals surface area contributed by atoms with E-state index in [4.69, 9.17) is 5.73 Å². The van der Waals surface area contributed by atoms with Crippen LogP contribution in [0.3, 0.4) is 0 Å². The standard InChI is InChI=1S/C9H11N3/c10-9-7-5-2-1-3-6(5)8(7)11-4-12-9/h4-6H,1-3H2,(H2,10,11,12). The van der Waals surface area contributed by atoms with Gasteiger partial charge in [0.15, 0.2) is 0 Å². The Hall–Kier alpha value is -1.12. The monoisotopic (exact) mass is 161 g/mol. The van der Waals surface area contributed by atoms with Crippen molar-refractivity contribution in [1.29, 1.82) is 0 Å². The largest absolute Gasteiger partial charge is 0.383 e. The maximum Gasteiger partial charge on any atom is 0.130 e. The van der Waals surface area contributed by atoms with Crippen LogP contribution in [0.4, 0.5) is 5.82 Å². The third-order valence-electron chi connectivity index (χ3n) is 3.18. The molecule has 2 unspecified atom stereocenters. The third kappa shape index (κ3) is 0.578. The molecule has 0 spiro atoms. The Labute approximate surface area is 71.0 Å². The Bertz CT molecular complexity index is 335. The zero-order valence-corrected chi connectivity index (χ0v) is 6.83. The second-order valence-corrected chi connectivity index (χ2v) is 3.70. The molecule has 0 aliphatic heterocycles. The van der Waals surface area contributed by atoms with Crippen LogP contribution < -0.4 is 5.73 Å². The van der Waals surface area contributed by atoms with Gasteiger partial charge in [-0.3, -0.25) is 0 Å². The number of anilines is 1. The van der Waals surface area contributed by atoms with Crippen LogP contribution in [0.25, 0.3) is 0 Å². The topological polar surface area (TPSA) is 51.8 Å². The number of nitrogens with zero attached hydrogens (tertiary/aromatic N) is 2. The van der Waals surface area contributed by atoms with Crippen LogP contribution in [0.15, 0.2) is 6.33 Å². The van der Waals surface area contributed by atoms with E-state index in [-0.39, 0.29) is 0 Å². The minimum absolute atomic E-state index is 0.696. The van der Waals surface area contributed by atoms with Crippen molar-refractivity contribution in [1.82, 2.24) is 9.97 Å². The van der Waals surface area contributed by atoms with Gasteiger partial charge in [-0.1, -0.05) is 6.42 Å². The van der Waals surface area contributed by atoms with E-state index in [9.17, 15) is 0 Å². The van der Waals surface area contributed by atoms with Crippen LogP contribution in [-0.2, 0) is 0 Å². The van der Waals surface area contributed by atoms with E-state index in [1.807, 2.05) is 0 Å². The van der Waals surface area contributed by atoms with Gasteiger partial charge in [0.2, 0.25) is 0 Å². The fourth-order valence-electron chi connectivity index (χ4n) is 2.64. The molecule has 3 rings (SSSR count). The normalized spacial score (nSPS) is 30.7.